The Bertz CT molecular complexity index is 516. The summed E-state index contributed by atoms with van der Waals surface area (Å²) >= 11 is 6.11. The van der Waals surface area contributed by atoms with Crippen molar-refractivity contribution in [3.05, 3.63) is 28.8 Å². The number of benzene rings is 1. The molecule has 1 saturated carbocycles. The average molecular weight is 309 g/mol. The molecule has 3 heteroatoms. The molecule has 0 radical (unpaired) electrons. The van der Waals surface area contributed by atoms with Gasteiger partial charge in [0, 0.05) is 16.5 Å². The molecule has 116 valence electrons. The molecule has 0 saturated heterocycles. The van der Waals surface area contributed by atoms with Crippen LogP contribution in [0.2, 0.25) is 5.02 Å². The fourth-order valence-electron chi connectivity index (χ4n) is 3.02. The van der Waals surface area contributed by atoms with Crippen molar-refractivity contribution >= 4 is 17.4 Å². The third kappa shape index (κ3) is 4.23. The lowest BCUT2D eigenvalue weighted by molar-refractivity contribution is -0.120. The molecule has 0 aliphatic heterocycles. The molecule has 21 heavy (non-hydrogen) atoms. The predicted molar refractivity (Wildman–Crippen MR) is 87.2 cm³/mol. The van der Waals surface area contributed by atoms with Crippen LogP contribution in [-0.4, -0.2) is 12.4 Å². The minimum Gasteiger partial charge on any atom is -0.493 e. The van der Waals surface area contributed by atoms with Crippen LogP contribution in [0.25, 0.3) is 0 Å². The molecule has 1 aromatic rings. The number of hydrogen-bond donors (Lipinski definition) is 0. The van der Waals surface area contributed by atoms with E-state index in [1.807, 2.05) is 18.2 Å². The van der Waals surface area contributed by atoms with Gasteiger partial charge < -0.3 is 4.74 Å². The van der Waals surface area contributed by atoms with Gasteiger partial charge in [-0.05, 0) is 55.7 Å². The number of carbonyl (C=O) groups is 1. The van der Waals surface area contributed by atoms with Gasteiger partial charge in [0.2, 0.25) is 0 Å². The predicted octanol–water partition coefficient (Wildman–Crippen LogP) is 5.02. The first-order valence-electron chi connectivity index (χ1n) is 7.70. The maximum Gasteiger partial charge on any atom is 0.132 e. The lowest BCUT2D eigenvalue weighted by atomic mass is 9.86. The quantitative estimate of drug-likeness (QED) is 0.780. The van der Waals surface area contributed by atoms with Crippen LogP contribution in [-0.2, 0) is 10.2 Å². The van der Waals surface area contributed by atoms with E-state index in [-0.39, 0.29) is 11.3 Å². The molecular formula is C18H25ClO2. The third-order valence-electron chi connectivity index (χ3n) is 4.34. The lowest BCUT2D eigenvalue weighted by Crippen LogP contribution is -2.16. The molecule has 2 rings (SSSR count). The van der Waals surface area contributed by atoms with Gasteiger partial charge in [-0.15, -0.1) is 0 Å². The molecule has 2 nitrogen and oxygen atoms in total. The van der Waals surface area contributed by atoms with E-state index < -0.39 is 0 Å². The average Bonchev–Trinajstić information content (AvgIpc) is 2.85. The summed E-state index contributed by atoms with van der Waals surface area (Å²) in [6.07, 6.45) is 3.06. The monoisotopic (exact) mass is 308 g/mol. The van der Waals surface area contributed by atoms with Gasteiger partial charge in [0.15, 0.2) is 0 Å². The minimum absolute atomic E-state index is 0.00215. The molecule has 0 heterocycles. The van der Waals surface area contributed by atoms with Gasteiger partial charge in [-0.2, -0.15) is 0 Å². The van der Waals surface area contributed by atoms with Crippen LogP contribution in [0.5, 0.6) is 5.75 Å². The van der Waals surface area contributed by atoms with Crippen LogP contribution in [0.3, 0.4) is 0 Å². The first-order valence-corrected chi connectivity index (χ1v) is 8.08. The number of ketones is 1. The highest BCUT2D eigenvalue weighted by Gasteiger charge is 2.28. The normalized spacial score (nSPS) is 22.3. The van der Waals surface area contributed by atoms with Gasteiger partial charge in [-0.1, -0.05) is 32.4 Å². The fraction of sp³-hybridized carbons (Fsp3) is 0.611. The molecule has 1 aliphatic carbocycles. The summed E-state index contributed by atoms with van der Waals surface area (Å²) in [5.41, 5.74) is 1.13. The number of ether oxygens (including phenoxy) is 1. The topological polar surface area (TPSA) is 26.3 Å². The maximum atomic E-state index is 11.4. The van der Waals surface area contributed by atoms with Crippen LogP contribution >= 0.6 is 11.6 Å². The summed E-state index contributed by atoms with van der Waals surface area (Å²) in [5.74, 6) is 1.96. The Hall–Kier alpha value is -1.02. The highest BCUT2D eigenvalue weighted by atomic mass is 35.5. The molecular weight excluding hydrogens is 284 g/mol. The third-order valence-corrected chi connectivity index (χ3v) is 4.58. The van der Waals surface area contributed by atoms with Crippen molar-refractivity contribution in [3.63, 3.8) is 0 Å². The van der Waals surface area contributed by atoms with Crippen molar-refractivity contribution in [2.75, 3.05) is 6.61 Å². The summed E-state index contributed by atoms with van der Waals surface area (Å²) in [5, 5.41) is 0.741. The molecule has 1 fully saturated rings. The van der Waals surface area contributed by atoms with E-state index in [2.05, 4.69) is 20.8 Å². The molecule has 0 N–H and O–H groups in total. The number of carbonyl (C=O) groups excluding carboxylic acids is 1. The second kappa shape index (κ2) is 6.39. The summed E-state index contributed by atoms with van der Waals surface area (Å²) in [7, 11) is 0. The van der Waals surface area contributed by atoms with Crippen LogP contribution in [0, 0.1) is 11.8 Å². The van der Waals surface area contributed by atoms with Gasteiger partial charge >= 0.3 is 0 Å². The lowest BCUT2D eigenvalue weighted by Gasteiger charge is -2.24. The first-order chi connectivity index (χ1) is 9.77. The SMILES string of the molecule is CC(=O)C1CCC(COc2ccc(Cl)cc2C(C)(C)C)C1. The Morgan fingerprint density at radius 2 is 2.05 bits per heavy atom. The Balaban J connectivity index is 2.03. The zero-order valence-corrected chi connectivity index (χ0v) is 14.2. The van der Waals surface area contributed by atoms with Gasteiger partial charge in [-0.25, -0.2) is 0 Å². The summed E-state index contributed by atoms with van der Waals surface area (Å²) in [6.45, 7) is 8.87. The maximum absolute atomic E-state index is 11.4. The number of halogens is 1. The number of hydrogen-bond acceptors (Lipinski definition) is 2. The van der Waals surface area contributed by atoms with Gasteiger partial charge in [0.1, 0.15) is 11.5 Å². The van der Waals surface area contributed by atoms with E-state index >= 15 is 0 Å². The molecule has 1 aliphatic rings. The van der Waals surface area contributed by atoms with Crippen LogP contribution in [0.1, 0.15) is 52.5 Å². The zero-order chi connectivity index (χ0) is 15.6. The molecule has 2 unspecified atom stereocenters. The van der Waals surface area contributed by atoms with Crippen molar-refractivity contribution in [1.82, 2.24) is 0 Å². The molecule has 1 aromatic carbocycles. The molecule has 2 atom stereocenters. The van der Waals surface area contributed by atoms with E-state index in [1.165, 1.54) is 0 Å². The summed E-state index contributed by atoms with van der Waals surface area (Å²) in [6, 6.07) is 5.82. The number of Topliss-reactive ketones (excluding diaryl/α,β-unsaturated/α-hetero) is 1. The van der Waals surface area contributed by atoms with Crippen molar-refractivity contribution in [1.29, 1.82) is 0 Å². The van der Waals surface area contributed by atoms with E-state index in [1.54, 1.807) is 6.92 Å². The molecule has 0 bridgehead atoms. The van der Waals surface area contributed by atoms with Crippen LogP contribution in [0.4, 0.5) is 0 Å². The number of rotatable bonds is 4. The minimum atomic E-state index is -0.00215. The van der Waals surface area contributed by atoms with Crippen LogP contribution < -0.4 is 4.74 Å². The zero-order valence-electron chi connectivity index (χ0n) is 13.4. The van der Waals surface area contributed by atoms with Gasteiger partial charge in [-0.3, -0.25) is 4.79 Å². The smallest absolute Gasteiger partial charge is 0.132 e. The summed E-state index contributed by atoms with van der Waals surface area (Å²) in [4.78, 5) is 11.4. The second-order valence-electron chi connectivity index (χ2n) is 7.19. The Morgan fingerprint density at radius 1 is 1.33 bits per heavy atom. The van der Waals surface area contributed by atoms with E-state index in [9.17, 15) is 4.79 Å². The van der Waals surface area contributed by atoms with Gasteiger partial charge in [0.05, 0.1) is 6.61 Å². The molecule has 0 spiro atoms. The van der Waals surface area contributed by atoms with Crippen LogP contribution in [0.15, 0.2) is 18.2 Å². The van der Waals surface area contributed by atoms with Crippen molar-refractivity contribution in [2.45, 2.75) is 52.4 Å². The van der Waals surface area contributed by atoms with Crippen molar-refractivity contribution in [3.8, 4) is 5.75 Å². The van der Waals surface area contributed by atoms with E-state index in [0.717, 1.165) is 35.6 Å². The highest BCUT2D eigenvalue weighted by molar-refractivity contribution is 6.30. The van der Waals surface area contributed by atoms with Crippen molar-refractivity contribution < 1.29 is 9.53 Å². The highest BCUT2D eigenvalue weighted by Crippen LogP contribution is 2.36. The summed E-state index contributed by atoms with van der Waals surface area (Å²) < 4.78 is 6.06. The molecule has 0 aromatic heterocycles. The van der Waals surface area contributed by atoms with E-state index in [4.69, 9.17) is 16.3 Å². The Kier molecular flexibility index (Phi) is 4.98. The standard InChI is InChI=1S/C18H25ClO2/c1-12(20)14-6-5-13(9-14)11-21-17-8-7-15(19)10-16(17)18(2,3)4/h7-8,10,13-14H,5-6,9,11H2,1-4H3. The Morgan fingerprint density at radius 3 is 2.62 bits per heavy atom. The first kappa shape index (κ1) is 16.4. The van der Waals surface area contributed by atoms with Gasteiger partial charge in [0.25, 0.3) is 0 Å². The Labute approximate surface area is 132 Å². The fourth-order valence-corrected chi connectivity index (χ4v) is 3.19. The van der Waals surface area contributed by atoms with Crippen molar-refractivity contribution in [2.24, 2.45) is 11.8 Å². The molecule has 0 amide bonds. The largest absolute Gasteiger partial charge is 0.493 e. The van der Waals surface area contributed by atoms with E-state index in [0.29, 0.717) is 18.3 Å². The second-order valence-corrected chi connectivity index (χ2v) is 7.62.